The Bertz CT molecular complexity index is 940. The number of aliphatic carboxylic acids is 1. The molecule has 146 valence electrons. The maximum Gasteiger partial charge on any atom is 0.336 e. The number of hydrogen-bond acceptors (Lipinski definition) is 6. The number of oxime groups is 1. The largest absolute Gasteiger partial charge is 0.487 e. The molecule has 0 saturated carbocycles. The summed E-state index contributed by atoms with van der Waals surface area (Å²) in [7, 11) is 0. The molecule has 0 spiro atoms. The van der Waals surface area contributed by atoms with Crippen molar-refractivity contribution in [3.8, 4) is 0 Å². The third kappa shape index (κ3) is 4.68. The van der Waals surface area contributed by atoms with Gasteiger partial charge in [0.15, 0.2) is 11.5 Å². The highest BCUT2D eigenvalue weighted by Gasteiger charge is 2.19. The number of carboxylic acid groups (broad SMARTS) is 1. The summed E-state index contributed by atoms with van der Waals surface area (Å²) < 4.78 is 11.1. The van der Waals surface area contributed by atoms with E-state index in [1.165, 1.54) is 6.08 Å². The quantitative estimate of drug-likeness (QED) is 0.425. The summed E-state index contributed by atoms with van der Waals surface area (Å²) in [5.74, 6) is -0.101. The number of hydrogen-bond donors (Lipinski definition) is 1. The molecule has 0 saturated heterocycles. The van der Waals surface area contributed by atoms with Gasteiger partial charge in [-0.05, 0) is 43.0 Å². The zero-order valence-electron chi connectivity index (χ0n) is 15.8. The molecule has 7 heteroatoms. The fraction of sp³-hybridized carbons (Fsp3) is 0.286. The first-order valence-electron chi connectivity index (χ1n) is 9.07. The second kappa shape index (κ2) is 9.03. The molecular weight excluding hydrogens is 360 g/mol. The van der Waals surface area contributed by atoms with Gasteiger partial charge in [0.2, 0.25) is 0 Å². The van der Waals surface area contributed by atoms with Crippen LogP contribution in [0.4, 0.5) is 0 Å². The fourth-order valence-electron chi connectivity index (χ4n) is 2.74. The van der Waals surface area contributed by atoms with E-state index in [1.807, 2.05) is 38.1 Å². The highest BCUT2D eigenvalue weighted by Crippen LogP contribution is 2.26. The lowest BCUT2D eigenvalue weighted by molar-refractivity contribution is -0.130. The molecule has 3 rings (SSSR count). The van der Waals surface area contributed by atoms with Gasteiger partial charge < -0.3 is 19.2 Å². The van der Waals surface area contributed by atoms with Crippen LogP contribution in [0.2, 0.25) is 0 Å². The Morgan fingerprint density at radius 3 is 2.89 bits per heavy atom. The van der Waals surface area contributed by atoms with Crippen molar-refractivity contribution in [1.82, 2.24) is 5.16 Å². The smallest absolute Gasteiger partial charge is 0.336 e. The van der Waals surface area contributed by atoms with Gasteiger partial charge in [-0.1, -0.05) is 41.5 Å². The Kier molecular flexibility index (Phi) is 6.26. The molecule has 1 aromatic heterocycles. The van der Waals surface area contributed by atoms with Gasteiger partial charge in [0.05, 0.1) is 11.3 Å². The minimum absolute atomic E-state index is 0.0594. The average Bonchev–Trinajstić information content (AvgIpc) is 3.02. The second-order valence-corrected chi connectivity index (χ2v) is 6.32. The highest BCUT2D eigenvalue weighted by atomic mass is 16.6. The topological polar surface area (TPSA) is 94.2 Å². The number of rotatable bonds is 8. The summed E-state index contributed by atoms with van der Waals surface area (Å²) in [5.41, 5.74) is 2.98. The zero-order chi connectivity index (χ0) is 19.9. The maximum atomic E-state index is 11.7. The Hall–Kier alpha value is -3.35. The van der Waals surface area contributed by atoms with Gasteiger partial charge in [0.1, 0.15) is 19.0 Å². The lowest BCUT2D eigenvalue weighted by Crippen LogP contribution is -2.11. The normalized spacial score (nSPS) is 13.9. The number of benzene rings is 1. The van der Waals surface area contributed by atoms with Crippen LogP contribution in [-0.2, 0) is 20.8 Å². The minimum Gasteiger partial charge on any atom is -0.487 e. The summed E-state index contributed by atoms with van der Waals surface area (Å²) in [4.78, 5) is 17.0. The molecule has 28 heavy (non-hydrogen) atoms. The first kappa shape index (κ1) is 19.4. The van der Waals surface area contributed by atoms with E-state index in [0.717, 1.165) is 17.7 Å². The first-order valence-corrected chi connectivity index (χ1v) is 9.07. The number of aryl methyl sites for hydroxylation is 1. The number of carboxylic acids is 1. The molecule has 0 unspecified atom stereocenters. The summed E-state index contributed by atoms with van der Waals surface area (Å²) in [6, 6.07) is 9.17. The van der Waals surface area contributed by atoms with Crippen LogP contribution in [0.15, 0.2) is 57.9 Å². The van der Waals surface area contributed by atoms with E-state index in [4.69, 9.17) is 14.1 Å². The van der Waals surface area contributed by atoms with Crippen molar-refractivity contribution >= 4 is 17.3 Å². The molecule has 0 aliphatic heterocycles. The number of carbonyl (C=O) groups is 1. The van der Waals surface area contributed by atoms with Crippen LogP contribution in [0.25, 0.3) is 5.57 Å². The number of aromatic nitrogens is 1. The molecule has 0 bridgehead atoms. The van der Waals surface area contributed by atoms with Crippen molar-refractivity contribution in [1.29, 1.82) is 0 Å². The van der Waals surface area contributed by atoms with Crippen molar-refractivity contribution in [2.75, 3.05) is 13.2 Å². The average molecular weight is 382 g/mol. The van der Waals surface area contributed by atoms with E-state index in [2.05, 4.69) is 10.3 Å². The third-order valence-corrected chi connectivity index (χ3v) is 4.11. The molecule has 0 atom stereocenters. The van der Waals surface area contributed by atoms with Crippen LogP contribution in [-0.4, -0.2) is 35.2 Å². The molecule has 1 N–H and O–H groups in total. The van der Waals surface area contributed by atoms with E-state index in [-0.39, 0.29) is 12.2 Å². The van der Waals surface area contributed by atoms with Crippen molar-refractivity contribution in [3.05, 3.63) is 70.8 Å². The molecule has 2 aromatic rings. The Morgan fingerprint density at radius 1 is 1.36 bits per heavy atom. The molecular formula is C21H22N2O5. The van der Waals surface area contributed by atoms with Crippen LogP contribution >= 0.6 is 0 Å². The molecule has 7 nitrogen and oxygen atoms in total. The van der Waals surface area contributed by atoms with E-state index >= 15 is 0 Å². The first-order chi connectivity index (χ1) is 13.6. The maximum absolute atomic E-state index is 11.7. The molecule has 0 fully saturated rings. The van der Waals surface area contributed by atoms with Gasteiger partial charge >= 0.3 is 5.97 Å². The summed E-state index contributed by atoms with van der Waals surface area (Å²) in [6.07, 6.45) is 4.77. The Labute approximate surface area is 162 Å². The van der Waals surface area contributed by atoms with E-state index in [0.29, 0.717) is 35.8 Å². The van der Waals surface area contributed by atoms with Gasteiger partial charge in [-0.25, -0.2) is 4.79 Å². The van der Waals surface area contributed by atoms with Crippen LogP contribution in [0, 0.1) is 6.92 Å². The van der Waals surface area contributed by atoms with Crippen molar-refractivity contribution in [2.45, 2.75) is 26.7 Å². The summed E-state index contributed by atoms with van der Waals surface area (Å²) >= 11 is 0. The van der Waals surface area contributed by atoms with E-state index in [1.54, 1.807) is 12.1 Å². The molecule has 1 aliphatic carbocycles. The Balaban J connectivity index is 1.81. The number of allylic oxidation sites excluding steroid dienone is 2. The lowest BCUT2D eigenvalue weighted by atomic mass is 9.99. The molecule has 0 amide bonds. The minimum atomic E-state index is -1.00. The SMILES string of the molecule is CCCO/N=C(\COC1=CCc2ccccc2C(C(=O)O)=C1)c1cc(C)no1. The molecule has 0 radical (unpaired) electrons. The summed E-state index contributed by atoms with van der Waals surface area (Å²) in [6.45, 7) is 4.32. The van der Waals surface area contributed by atoms with Crippen molar-refractivity contribution in [2.24, 2.45) is 5.16 Å². The monoisotopic (exact) mass is 382 g/mol. The van der Waals surface area contributed by atoms with Gasteiger partial charge in [-0.2, -0.15) is 0 Å². The van der Waals surface area contributed by atoms with Crippen LogP contribution in [0.3, 0.4) is 0 Å². The molecule has 1 aliphatic rings. The van der Waals surface area contributed by atoms with Gasteiger partial charge in [-0.3, -0.25) is 0 Å². The predicted molar refractivity (Wildman–Crippen MR) is 104 cm³/mol. The van der Waals surface area contributed by atoms with Crippen LogP contribution in [0.1, 0.15) is 35.9 Å². The third-order valence-electron chi connectivity index (χ3n) is 4.11. The number of nitrogens with zero attached hydrogens (tertiary/aromatic N) is 2. The molecule has 1 aromatic carbocycles. The standard InChI is InChI=1S/C21H22N2O5/c1-3-10-27-23-19(20-11-14(2)22-28-20)13-26-16-9-8-15-6-4-5-7-17(15)18(12-16)21(24)25/h4-7,9,11-12H,3,8,10,13H2,1-2H3,(H,24,25)/b23-19+. The van der Waals surface area contributed by atoms with E-state index < -0.39 is 5.97 Å². The van der Waals surface area contributed by atoms with E-state index in [9.17, 15) is 9.90 Å². The highest BCUT2D eigenvalue weighted by molar-refractivity contribution is 6.16. The molecule has 1 heterocycles. The number of ether oxygens (including phenoxy) is 1. The zero-order valence-corrected chi connectivity index (χ0v) is 15.8. The van der Waals surface area contributed by atoms with Gasteiger partial charge in [-0.15, -0.1) is 0 Å². The predicted octanol–water partition coefficient (Wildman–Crippen LogP) is 3.74. The van der Waals surface area contributed by atoms with Crippen molar-refractivity contribution < 1.29 is 24.0 Å². The Morgan fingerprint density at radius 2 is 2.18 bits per heavy atom. The summed E-state index contributed by atoms with van der Waals surface area (Å²) in [5, 5.41) is 17.6. The van der Waals surface area contributed by atoms with Crippen LogP contribution < -0.4 is 0 Å². The fourth-order valence-corrected chi connectivity index (χ4v) is 2.74. The van der Waals surface area contributed by atoms with Gasteiger partial charge in [0.25, 0.3) is 0 Å². The second-order valence-electron chi connectivity index (χ2n) is 6.32. The van der Waals surface area contributed by atoms with Crippen LogP contribution in [0.5, 0.6) is 0 Å². The van der Waals surface area contributed by atoms with Crippen molar-refractivity contribution in [3.63, 3.8) is 0 Å². The number of fused-ring (bicyclic) bond motifs is 1. The van der Waals surface area contributed by atoms with Gasteiger partial charge in [0, 0.05) is 6.07 Å². The lowest BCUT2D eigenvalue weighted by Gasteiger charge is -2.08.